The Labute approximate surface area is 253 Å². The SMILES string of the molecule is CN(c1ccccc1)c1ccc(-c2ccc(N(c3cccc(-c4ccccc4)c3)c3ccc4ccccc4c3)cc2)cc1. The standard InChI is InChI=1S/C41H32N2/c1-42(37-16-6-3-7-17-37)38-24-19-33(20-25-38)34-21-26-39(27-22-34)43(41-28-23-32-13-8-9-14-35(32)30-41)40-18-10-15-36(29-40)31-11-4-2-5-12-31/h2-30H,1H3. The molecule has 206 valence electrons. The Hall–Kier alpha value is -5.60. The van der Waals surface area contributed by atoms with E-state index in [9.17, 15) is 0 Å². The van der Waals surface area contributed by atoms with Crippen LogP contribution in [-0.2, 0) is 0 Å². The second-order valence-corrected chi connectivity index (χ2v) is 10.8. The Morgan fingerprint density at radius 1 is 0.302 bits per heavy atom. The van der Waals surface area contributed by atoms with Crippen molar-refractivity contribution in [3.8, 4) is 22.3 Å². The molecule has 2 heteroatoms. The first-order valence-electron chi connectivity index (χ1n) is 14.7. The monoisotopic (exact) mass is 552 g/mol. The molecule has 0 aliphatic carbocycles. The Morgan fingerprint density at radius 3 is 1.47 bits per heavy atom. The fourth-order valence-corrected chi connectivity index (χ4v) is 5.70. The van der Waals surface area contributed by atoms with Gasteiger partial charge in [0.15, 0.2) is 0 Å². The summed E-state index contributed by atoms with van der Waals surface area (Å²) in [7, 11) is 2.10. The smallest absolute Gasteiger partial charge is 0.0468 e. The number of fused-ring (bicyclic) bond motifs is 1. The summed E-state index contributed by atoms with van der Waals surface area (Å²) in [5, 5.41) is 2.46. The summed E-state index contributed by atoms with van der Waals surface area (Å²) in [5.41, 5.74) is 10.5. The highest BCUT2D eigenvalue weighted by molar-refractivity contribution is 5.90. The lowest BCUT2D eigenvalue weighted by molar-refractivity contribution is 1.21. The number of hydrogen-bond acceptors (Lipinski definition) is 2. The Balaban J connectivity index is 1.24. The number of nitrogens with zero attached hydrogens (tertiary/aromatic N) is 2. The lowest BCUT2D eigenvalue weighted by atomic mass is 10.0. The van der Waals surface area contributed by atoms with Gasteiger partial charge in [-0.1, -0.05) is 115 Å². The zero-order valence-electron chi connectivity index (χ0n) is 24.1. The average molecular weight is 553 g/mol. The van der Waals surface area contributed by atoms with Crippen molar-refractivity contribution in [2.24, 2.45) is 0 Å². The molecule has 0 amide bonds. The van der Waals surface area contributed by atoms with E-state index in [2.05, 4.69) is 187 Å². The van der Waals surface area contributed by atoms with E-state index in [-0.39, 0.29) is 0 Å². The van der Waals surface area contributed by atoms with Gasteiger partial charge in [0.25, 0.3) is 0 Å². The third-order valence-corrected chi connectivity index (χ3v) is 8.06. The van der Waals surface area contributed by atoms with Crippen molar-refractivity contribution < 1.29 is 0 Å². The molecular weight excluding hydrogens is 520 g/mol. The van der Waals surface area contributed by atoms with Gasteiger partial charge in [0, 0.05) is 35.5 Å². The number of anilines is 5. The van der Waals surface area contributed by atoms with Gasteiger partial charge in [0.2, 0.25) is 0 Å². The highest BCUT2D eigenvalue weighted by Crippen LogP contribution is 2.38. The molecule has 43 heavy (non-hydrogen) atoms. The van der Waals surface area contributed by atoms with Crippen LogP contribution in [0.15, 0.2) is 176 Å². The van der Waals surface area contributed by atoms with Crippen LogP contribution < -0.4 is 9.80 Å². The molecule has 0 bridgehead atoms. The summed E-state index contributed by atoms with van der Waals surface area (Å²) < 4.78 is 0. The molecule has 0 unspecified atom stereocenters. The number of rotatable bonds is 7. The average Bonchev–Trinajstić information content (AvgIpc) is 3.09. The van der Waals surface area contributed by atoms with Crippen molar-refractivity contribution in [2.75, 3.05) is 16.8 Å². The lowest BCUT2D eigenvalue weighted by Crippen LogP contribution is -2.10. The van der Waals surface area contributed by atoms with Gasteiger partial charge in [0.1, 0.15) is 0 Å². The van der Waals surface area contributed by atoms with Gasteiger partial charge in [-0.25, -0.2) is 0 Å². The molecule has 0 saturated heterocycles. The van der Waals surface area contributed by atoms with Crippen LogP contribution in [-0.4, -0.2) is 7.05 Å². The van der Waals surface area contributed by atoms with E-state index < -0.39 is 0 Å². The minimum Gasteiger partial charge on any atom is -0.345 e. The van der Waals surface area contributed by atoms with Gasteiger partial charge < -0.3 is 9.80 Å². The van der Waals surface area contributed by atoms with E-state index in [1.165, 1.54) is 38.7 Å². The van der Waals surface area contributed by atoms with Crippen LogP contribution in [0.3, 0.4) is 0 Å². The van der Waals surface area contributed by atoms with E-state index in [0.29, 0.717) is 0 Å². The van der Waals surface area contributed by atoms with E-state index in [1.54, 1.807) is 0 Å². The van der Waals surface area contributed by atoms with Crippen molar-refractivity contribution in [1.82, 2.24) is 0 Å². The molecule has 0 aromatic heterocycles. The molecule has 0 N–H and O–H groups in total. The van der Waals surface area contributed by atoms with Crippen LogP contribution in [0.25, 0.3) is 33.0 Å². The Kier molecular flexibility index (Phi) is 7.17. The van der Waals surface area contributed by atoms with Gasteiger partial charge in [-0.05, 0) is 93.7 Å². The normalized spacial score (nSPS) is 10.9. The number of benzene rings is 7. The molecule has 0 aliphatic rings. The first-order chi connectivity index (χ1) is 21.2. The molecule has 0 saturated carbocycles. The molecule has 7 aromatic carbocycles. The third-order valence-electron chi connectivity index (χ3n) is 8.06. The number of hydrogen-bond donors (Lipinski definition) is 0. The Bertz CT molecular complexity index is 1960. The van der Waals surface area contributed by atoms with E-state index in [1.807, 2.05) is 6.07 Å². The first kappa shape index (κ1) is 26.3. The fourth-order valence-electron chi connectivity index (χ4n) is 5.70. The Morgan fingerprint density at radius 2 is 0.767 bits per heavy atom. The van der Waals surface area contributed by atoms with Crippen LogP contribution in [0, 0.1) is 0 Å². The van der Waals surface area contributed by atoms with Gasteiger partial charge in [-0.2, -0.15) is 0 Å². The van der Waals surface area contributed by atoms with Crippen molar-refractivity contribution in [3.05, 3.63) is 176 Å². The fraction of sp³-hybridized carbons (Fsp3) is 0.0244. The van der Waals surface area contributed by atoms with Crippen LogP contribution in [0.5, 0.6) is 0 Å². The van der Waals surface area contributed by atoms with Gasteiger partial charge in [0.05, 0.1) is 0 Å². The van der Waals surface area contributed by atoms with Crippen molar-refractivity contribution >= 4 is 39.2 Å². The summed E-state index contributed by atoms with van der Waals surface area (Å²) in [6, 6.07) is 62.7. The molecule has 2 nitrogen and oxygen atoms in total. The molecular formula is C41H32N2. The largest absolute Gasteiger partial charge is 0.345 e. The summed E-state index contributed by atoms with van der Waals surface area (Å²) >= 11 is 0. The molecule has 0 spiro atoms. The van der Waals surface area contributed by atoms with Crippen molar-refractivity contribution in [3.63, 3.8) is 0 Å². The molecule has 0 aliphatic heterocycles. The minimum atomic E-state index is 1.12. The zero-order valence-corrected chi connectivity index (χ0v) is 24.1. The van der Waals surface area contributed by atoms with Gasteiger partial charge in [-0.15, -0.1) is 0 Å². The second-order valence-electron chi connectivity index (χ2n) is 10.8. The van der Waals surface area contributed by atoms with Crippen molar-refractivity contribution in [1.29, 1.82) is 0 Å². The lowest BCUT2D eigenvalue weighted by Gasteiger charge is -2.26. The molecule has 7 aromatic rings. The second kappa shape index (κ2) is 11.7. The van der Waals surface area contributed by atoms with Gasteiger partial charge in [-0.3, -0.25) is 0 Å². The molecule has 7 rings (SSSR count). The van der Waals surface area contributed by atoms with Crippen molar-refractivity contribution in [2.45, 2.75) is 0 Å². The van der Waals surface area contributed by atoms with Crippen LogP contribution in [0.4, 0.5) is 28.4 Å². The predicted octanol–water partition coefficient (Wildman–Crippen LogP) is 11.4. The molecule has 0 heterocycles. The molecule has 0 atom stereocenters. The maximum Gasteiger partial charge on any atom is 0.0468 e. The van der Waals surface area contributed by atoms with Crippen LogP contribution in [0.2, 0.25) is 0 Å². The maximum atomic E-state index is 2.35. The van der Waals surface area contributed by atoms with E-state index >= 15 is 0 Å². The predicted molar refractivity (Wildman–Crippen MR) is 184 cm³/mol. The van der Waals surface area contributed by atoms with Crippen LogP contribution in [0.1, 0.15) is 0 Å². The van der Waals surface area contributed by atoms with Gasteiger partial charge >= 0.3 is 0 Å². The minimum absolute atomic E-state index is 1.12. The topological polar surface area (TPSA) is 6.48 Å². The summed E-state index contributed by atoms with van der Waals surface area (Å²) in [6.07, 6.45) is 0. The quantitative estimate of drug-likeness (QED) is 0.194. The maximum absolute atomic E-state index is 2.35. The number of para-hydroxylation sites is 1. The van der Waals surface area contributed by atoms with E-state index in [0.717, 1.165) is 22.7 Å². The van der Waals surface area contributed by atoms with E-state index in [4.69, 9.17) is 0 Å². The first-order valence-corrected chi connectivity index (χ1v) is 14.7. The highest BCUT2D eigenvalue weighted by Gasteiger charge is 2.15. The summed E-state index contributed by atoms with van der Waals surface area (Å²) in [5.74, 6) is 0. The highest BCUT2D eigenvalue weighted by atomic mass is 15.1. The zero-order chi connectivity index (χ0) is 29.0. The van der Waals surface area contributed by atoms with Crippen LogP contribution >= 0.6 is 0 Å². The summed E-state index contributed by atoms with van der Waals surface area (Å²) in [6.45, 7) is 0. The molecule has 0 radical (unpaired) electrons. The third kappa shape index (κ3) is 5.51. The molecule has 0 fully saturated rings. The summed E-state index contributed by atoms with van der Waals surface area (Å²) in [4.78, 5) is 4.55.